The lowest BCUT2D eigenvalue weighted by molar-refractivity contribution is -0.141. The average Bonchev–Trinajstić information content (AvgIpc) is 3.34. The predicted molar refractivity (Wildman–Crippen MR) is 145 cm³/mol. The minimum atomic E-state index is -4.70. The van der Waals surface area contributed by atoms with Crippen molar-refractivity contribution in [2.75, 3.05) is 6.54 Å². The molecule has 0 bridgehead atoms. The summed E-state index contributed by atoms with van der Waals surface area (Å²) in [6.45, 7) is 3.39. The standard InChI is InChI=1S/C26H30F3N7O4S/c1-16-6-8-18(9-7-16)22-15-23(26(27,28)29)34-36(22)19-10-12-20(13-11-19)41(39,40)35-24(38)21(33-17(2)37)5-3-4-14-32-25(30)31/h6-13,15,21H,3-5,14H2,1-2H3,(H,33,37)(H,35,38)(H4,30,31,32)/t21-/m0/s1. The van der Waals surface area contributed by atoms with Gasteiger partial charge in [-0.3, -0.25) is 15.0 Å². The molecule has 1 aromatic heterocycles. The number of carbonyl (C=O) groups is 2. The fourth-order valence-corrected chi connectivity index (χ4v) is 4.91. The van der Waals surface area contributed by atoms with Crippen LogP contribution in [0.3, 0.4) is 0 Å². The van der Waals surface area contributed by atoms with Crippen molar-refractivity contribution in [2.24, 2.45) is 5.73 Å². The molecule has 3 aromatic rings. The third kappa shape index (κ3) is 8.54. The molecule has 6 N–H and O–H groups in total. The topological polar surface area (TPSA) is 172 Å². The van der Waals surface area contributed by atoms with E-state index in [1.165, 1.54) is 19.1 Å². The van der Waals surface area contributed by atoms with Crippen LogP contribution in [-0.2, 0) is 25.8 Å². The Labute approximate surface area is 234 Å². The summed E-state index contributed by atoms with van der Waals surface area (Å²) in [5, 5.41) is 15.9. The fraction of sp³-hybridized carbons (Fsp3) is 0.308. The summed E-state index contributed by atoms with van der Waals surface area (Å²) in [6.07, 6.45) is -3.65. The zero-order chi connectivity index (χ0) is 30.4. The van der Waals surface area contributed by atoms with Gasteiger partial charge in [-0.05, 0) is 56.5 Å². The highest BCUT2D eigenvalue weighted by molar-refractivity contribution is 7.90. The lowest BCUT2D eigenvalue weighted by Crippen LogP contribution is -2.47. The van der Waals surface area contributed by atoms with Crippen molar-refractivity contribution in [2.45, 2.75) is 50.2 Å². The Bertz CT molecular complexity index is 1500. The van der Waals surface area contributed by atoms with Crippen molar-refractivity contribution in [1.29, 1.82) is 5.41 Å². The van der Waals surface area contributed by atoms with Gasteiger partial charge in [0.2, 0.25) is 5.91 Å². The van der Waals surface area contributed by atoms with Gasteiger partial charge in [0.15, 0.2) is 11.7 Å². The summed E-state index contributed by atoms with van der Waals surface area (Å²) in [7, 11) is -4.39. The lowest BCUT2D eigenvalue weighted by Gasteiger charge is -2.18. The smallest absolute Gasteiger partial charge is 0.370 e. The Morgan fingerprint density at radius 1 is 1.07 bits per heavy atom. The number of amides is 2. The van der Waals surface area contributed by atoms with E-state index in [4.69, 9.17) is 11.1 Å². The molecule has 41 heavy (non-hydrogen) atoms. The van der Waals surface area contributed by atoms with Crippen LogP contribution in [0.4, 0.5) is 13.2 Å². The maximum absolute atomic E-state index is 13.5. The van der Waals surface area contributed by atoms with Crippen LogP contribution >= 0.6 is 0 Å². The predicted octanol–water partition coefficient (Wildman–Crippen LogP) is 2.83. The monoisotopic (exact) mass is 593 g/mol. The number of guanidine groups is 1. The highest BCUT2D eigenvalue weighted by Gasteiger charge is 2.35. The van der Waals surface area contributed by atoms with E-state index in [0.717, 1.165) is 28.4 Å². The number of nitrogens with one attached hydrogen (secondary N) is 4. The first-order valence-corrected chi connectivity index (χ1v) is 13.9. The van der Waals surface area contributed by atoms with Crippen molar-refractivity contribution >= 4 is 27.8 Å². The SMILES string of the molecule is CC(=O)N[C@@H](CCCCNC(=N)N)C(=O)NS(=O)(=O)c1ccc(-n2nc(C(F)(F)F)cc2-c2ccc(C)cc2)cc1. The molecule has 1 atom stereocenters. The van der Waals surface area contributed by atoms with Gasteiger partial charge in [0.25, 0.3) is 15.9 Å². The molecule has 15 heteroatoms. The molecular formula is C26H30F3N7O4S. The number of nitrogens with two attached hydrogens (primary N) is 1. The normalized spacial score (nSPS) is 12.4. The van der Waals surface area contributed by atoms with Crippen molar-refractivity contribution in [3.63, 3.8) is 0 Å². The van der Waals surface area contributed by atoms with Gasteiger partial charge in [-0.1, -0.05) is 29.8 Å². The van der Waals surface area contributed by atoms with Gasteiger partial charge in [-0.2, -0.15) is 18.3 Å². The lowest BCUT2D eigenvalue weighted by atomic mass is 10.1. The third-order valence-electron chi connectivity index (χ3n) is 5.90. The molecule has 0 unspecified atom stereocenters. The Kier molecular flexibility index (Phi) is 9.75. The second-order valence-corrected chi connectivity index (χ2v) is 10.9. The van der Waals surface area contributed by atoms with E-state index < -0.39 is 39.7 Å². The van der Waals surface area contributed by atoms with Crippen LogP contribution in [0.5, 0.6) is 0 Å². The van der Waals surface area contributed by atoms with Crippen LogP contribution in [0.2, 0.25) is 0 Å². The van der Waals surface area contributed by atoms with Gasteiger partial charge in [0, 0.05) is 19.0 Å². The summed E-state index contributed by atoms with van der Waals surface area (Å²) >= 11 is 0. The van der Waals surface area contributed by atoms with Crippen molar-refractivity contribution < 1.29 is 31.2 Å². The van der Waals surface area contributed by atoms with Crippen LogP contribution in [0.1, 0.15) is 37.4 Å². The molecule has 0 spiro atoms. The molecule has 0 aliphatic carbocycles. The molecule has 2 aromatic carbocycles. The first kappa shape index (κ1) is 31.1. The quantitative estimate of drug-likeness (QED) is 0.129. The van der Waals surface area contributed by atoms with E-state index in [1.807, 2.05) is 11.6 Å². The number of halogens is 3. The second-order valence-electron chi connectivity index (χ2n) is 9.24. The largest absolute Gasteiger partial charge is 0.435 e. The Hall–Kier alpha value is -4.40. The maximum atomic E-state index is 13.5. The van der Waals surface area contributed by atoms with Crippen molar-refractivity contribution in [3.05, 3.63) is 65.9 Å². The number of hydrogen-bond donors (Lipinski definition) is 5. The number of sulfonamides is 1. The zero-order valence-electron chi connectivity index (χ0n) is 22.2. The molecule has 11 nitrogen and oxygen atoms in total. The van der Waals surface area contributed by atoms with E-state index in [2.05, 4.69) is 15.7 Å². The van der Waals surface area contributed by atoms with Crippen LogP contribution in [-0.4, -0.2) is 48.6 Å². The summed E-state index contributed by atoms with van der Waals surface area (Å²) in [6, 6.07) is 11.4. The third-order valence-corrected chi connectivity index (χ3v) is 7.27. The van der Waals surface area contributed by atoms with Crippen LogP contribution in [0.15, 0.2) is 59.5 Å². The summed E-state index contributed by atoms with van der Waals surface area (Å²) < 4.78 is 69.3. The number of aromatic nitrogens is 2. The molecule has 0 saturated heterocycles. The Morgan fingerprint density at radius 2 is 1.71 bits per heavy atom. The molecule has 0 aliphatic rings. The van der Waals surface area contributed by atoms with Gasteiger partial charge >= 0.3 is 6.18 Å². The maximum Gasteiger partial charge on any atom is 0.435 e. The second kappa shape index (κ2) is 12.8. The Balaban J connectivity index is 1.81. The number of alkyl halides is 3. The van der Waals surface area contributed by atoms with Crippen molar-refractivity contribution in [1.82, 2.24) is 25.1 Å². The fourth-order valence-electron chi connectivity index (χ4n) is 3.89. The highest BCUT2D eigenvalue weighted by atomic mass is 32.2. The minimum Gasteiger partial charge on any atom is -0.370 e. The molecular weight excluding hydrogens is 563 g/mol. The van der Waals surface area contributed by atoms with Gasteiger partial charge < -0.3 is 16.4 Å². The van der Waals surface area contributed by atoms with Crippen LogP contribution in [0.25, 0.3) is 16.9 Å². The highest BCUT2D eigenvalue weighted by Crippen LogP contribution is 2.33. The van der Waals surface area contributed by atoms with E-state index in [0.29, 0.717) is 24.9 Å². The number of rotatable bonds is 11. The molecule has 220 valence electrons. The molecule has 0 radical (unpaired) electrons. The zero-order valence-corrected chi connectivity index (χ0v) is 23.1. The molecule has 0 fully saturated rings. The van der Waals surface area contributed by atoms with Gasteiger partial charge in [-0.15, -0.1) is 0 Å². The number of nitrogens with zero attached hydrogens (tertiary/aromatic N) is 2. The van der Waals surface area contributed by atoms with Crippen molar-refractivity contribution in [3.8, 4) is 16.9 Å². The van der Waals surface area contributed by atoms with E-state index in [-0.39, 0.29) is 28.7 Å². The van der Waals surface area contributed by atoms with Crippen LogP contribution < -0.4 is 21.1 Å². The van der Waals surface area contributed by atoms with Gasteiger partial charge in [0.1, 0.15) is 6.04 Å². The Morgan fingerprint density at radius 3 is 2.27 bits per heavy atom. The molecule has 0 saturated carbocycles. The molecule has 1 heterocycles. The summed E-state index contributed by atoms with van der Waals surface area (Å²) in [5.41, 5.74) is 5.80. The summed E-state index contributed by atoms with van der Waals surface area (Å²) in [5.74, 6) is -1.69. The van der Waals surface area contributed by atoms with Gasteiger partial charge in [0.05, 0.1) is 16.3 Å². The molecule has 3 rings (SSSR count). The number of unbranched alkanes of at least 4 members (excludes halogenated alkanes) is 1. The van der Waals surface area contributed by atoms with Crippen LogP contribution in [0, 0.1) is 12.3 Å². The first-order valence-electron chi connectivity index (χ1n) is 12.4. The number of aryl methyl sites for hydroxylation is 1. The molecule has 0 aliphatic heterocycles. The van der Waals surface area contributed by atoms with E-state index >= 15 is 0 Å². The first-order chi connectivity index (χ1) is 19.2. The number of benzene rings is 2. The number of hydrogen-bond acceptors (Lipinski definition) is 6. The molecule has 2 amide bonds. The van der Waals surface area contributed by atoms with Gasteiger partial charge in [-0.25, -0.2) is 17.8 Å². The van der Waals surface area contributed by atoms with E-state index in [9.17, 15) is 31.2 Å². The average molecular weight is 594 g/mol. The van der Waals surface area contributed by atoms with E-state index in [1.54, 1.807) is 24.3 Å². The number of carbonyl (C=O) groups excluding carboxylic acids is 2. The summed E-state index contributed by atoms with van der Waals surface area (Å²) in [4.78, 5) is 24.0. The minimum absolute atomic E-state index is 0.127.